The van der Waals surface area contributed by atoms with Crippen molar-refractivity contribution >= 4 is 12.1 Å². The summed E-state index contributed by atoms with van der Waals surface area (Å²) in [5, 5.41) is 15.6. The van der Waals surface area contributed by atoms with Crippen LogP contribution in [0.25, 0.3) is 0 Å². The Hall–Kier alpha value is -3.03. The monoisotopic (exact) mass is 317 g/mol. The Morgan fingerprint density at radius 1 is 1.39 bits per heavy atom. The molecule has 0 bridgehead atoms. The van der Waals surface area contributed by atoms with Crippen LogP contribution in [0.2, 0.25) is 0 Å². The van der Waals surface area contributed by atoms with E-state index in [0.717, 1.165) is 5.56 Å². The predicted octanol–water partition coefficient (Wildman–Crippen LogP) is 1.27. The second-order valence-corrected chi connectivity index (χ2v) is 5.06. The average Bonchev–Trinajstić information content (AvgIpc) is 2.97. The molecule has 1 aromatic carbocycles. The molecule has 2 heterocycles. The number of carbonyl (C=O) groups is 2. The van der Waals surface area contributed by atoms with Gasteiger partial charge in [-0.1, -0.05) is 30.3 Å². The lowest BCUT2D eigenvalue weighted by atomic mass is 10.2. The van der Waals surface area contributed by atoms with Crippen LogP contribution in [0.5, 0.6) is 5.88 Å². The van der Waals surface area contributed by atoms with E-state index in [4.69, 9.17) is 14.6 Å². The van der Waals surface area contributed by atoms with E-state index in [1.165, 1.54) is 10.9 Å². The molecule has 2 N–H and O–H groups in total. The van der Waals surface area contributed by atoms with E-state index in [1.54, 1.807) is 0 Å². The summed E-state index contributed by atoms with van der Waals surface area (Å²) in [6.07, 6.45) is 0.671. The lowest BCUT2D eigenvalue weighted by Crippen LogP contribution is -2.45. The summed E-state index contributed by atoms with van der Waals surface area (Å²) in [5.74, 6) is -0.895. The van der Waals surface area contributed by atoms with Gasteiger partial charge in [-0.25, -0.2) is 14.3 Å². The van der Waals surface area contributed by atoms with Crippen molar-refractivity contribution in [2.75, 3.05) is 6.61 Å². The zero-order valence-electron chi connectivity index (χ0n) is 12.1. The number of ether oxygens (including phenoxy) is 2. The van der Waals surface area contributed by atoms with Crippen LogP contribution in [0.4, 0.5) is 4.79 Å². The molecule has 120 valence electrons. The molecule has 1 atom stereocenters. The Morgan fingerprint density at radius 2 is 2.17 bits per heavy atom. The highest BCUT2D eigenvalue weighted by molar-refractivity contribution is 5.90. The predicted molar refractivity (Wildman–Crippen MR) is 78.2 cm³/mol. The zero-order chi connectivity index (χ0) is 16.2. The van der Waals surface area contributed by atoms with Gasteiger partial charge in [-0.05, 0) is 5.56 Å². The van der Waals surface area contributed by atoms with E-state index >= 15 is 0 Å². The molecule has 1 aromatic heterocycles. The van der Waals surface area contributed by atoms with Gasteiger partial charge in [-0.2, -0.15) is 5.10 Å². The molecule has 1 aliphatic heterocycles. The minimum atomic E-state index is -1.10. The number of alkyl carbamates (subject to hydrolysis) is 1. The first kappa shape index (κ1) is 14.9. The molecular weight excluding hydrogens is 302 g/mol. The highest BCUT2D eigenvalue weighted by Gasteiger charge is 2.27. The van der Waals surface area contributed by atoms with Gasteiger partial charge in [0.1, 0.15) is 18.8 Å². The molecule has 0 spiro atoms. The molecule has 0 saturated heterocycles. The number of carboxylic acid groups (broad SMARTS) is 1. The Balaban J connectivity index is 1.53. The summed E-state index contributed by atoms with van der Waals surface area (Å²) in [6, 6.07) is 9.00. The van der Waals surface area contributed by atoms with Gasteiger partial charge in [0, 0.05) is 0 Å². The first-order chi connectivity index (χ1) is 11.1. The molecule has 8 heteroatoms. The summed E-state index contributed by atoms with van der Waals surface area (Å²) in [6.45, 7) is 0.659. The van der Waals surface area contributed by atoms with Crippen molar-refractivity contribution in [3.63, 3.8) is 0 Å². The Kier molecular flexibility index (Phi) is 4.13. The van der Waals surface area contributed by atoms with Gasteiger partial charge in [-0.15, -0.1) is 0 Å². The van der Waals surface area contributed by atoms with Crippen molar-refractivity contribution in [3.05, 3.63) is 47.7 Å². The normalized spacial score (nSPS) is 16.1. The number of aromatic carboxylic acids is 1. The Morgan fingerprint density at radius 3 is 2.91 bits per heavy atom. The van der Waals surface area contributed by atoms with Crippen LogP contribution in [0.15, 0.2) is 36.5 Å². The number of rotatable bonds is 4. The number of hydrogen-bond acceptors (Lipinski definition) is 5. The molecular formula is C15H15N3O5. The van der Waals surface area contributed by atoms with Crippen molar-refractivity contribution < 1.29 is 24.2 Å². The molecule has 0 aliphatic carbocycles. The molecule has 1 unspecified atom stereocenters. The van der Waals surface area contributed by atoms with E-state index in [0.29, 0.717) is 6.54 Å². The number of benzene rings is 1. The molecule has 23 heavy (non-hydrogen) atoms. The van der Waals surface area contributed by atoms with Gasteiger partial charge < -0.3 is 19.9 Å². The first-order valence-electron chi connectivity index (χ1n) is 7.02. The van der Waals surface area contributed by atoms with E-state index < -0.39 is 12.1 Å². The summed E-state index contributed by atoms with van der Waals surface area (Å²) < 4.78 is 11.9. The second kappa shape index (κ2) is 6.39. The van der Waals surface area contributed by atoms with Crippen LogP contribution in [0.3, 0.4) is 0 Å². The third kappa shape index (κ3) is 3.42. The topological polar surface area (TPSA) is 103 Å². The summed E-state index contributed by atoms with van der Waals surface area (Å²) >= 11 is 0. The zero-order valence-corrected chi connectivity index (χ0v) is 12.1. The van der Waals surface area contributed by atoms with Gasteiger partial charge in [0.25, 0.3) is 0 Å². The molecule has 0 fully saturated rings. The molecule has 0 saturated carbocycles. The number of nitrogens with zero attached hydrogens (tertiary/aromatic N) is 2. The summed E-state index contributed by atoms with van der Waals surface area (Å²) in [4.78, 5) is 22.8. The van der Waals surface area contributed by atoms with Crippen molar-refractivity contribution in [1.29, 1.82) is 0 Å². The quantitative estimate of drug-likeness (QED) is 0.880. The van der Waals surface area contributed by atoms with Crippen molar-refractivity contribution in [2.24, 2.45) is 0 Å². The van der Waals surface area contributed by atoms with E-state index in [-0.39, 0.29) is 30.7 Å². The van der Waals surface area contributed by atoms with Crippen molar-refractivity contribution in [3.8, 4) is 5.88 Å². The highest BCUT2D eigenvalue weighted by Crippen LogP contribution is 2.22. The number of hydrogen-bond donors (Lipinski definition) is 2. The Labute approximate surface area is 131 Å². The van der Waals surface area contributed by atoms with Crippen LogP contribution < -0.4 is 10.1 Å². The molecule has 3 rings (SSSR count). The van der Waals surface area contributed by atoms with Gasteiger partial charge in [0.15, 0.2) is 0 Å². The van der Waals surface area contributed by atoms with Crippen molar-refractivity contribution in [2.45, 2.75) is 19.2 Å². The SMILES string of the molecule is O=C(NC1COc2c(C(=O)O)cnn2C1)OCc1ccccc1. The molecule has 1 aliphatic rings. The highest BCUT2D eigenvalue weighted by atomic mass is 16.5. The maximum Gasteiger partial charge on any atom is 0.407 e. The van der Waals surface area contributed by atoms with Gasteiger partial charge >= 0.3 is 12.1 Å². The summed E-state index contributed by atoms with van der Waals surface area (Å²) in [5.41, 5.74) is 0.901. The summed E-state index contributed by atoms with van der Waals surface area (Å²) in [7, 11) is 0. The van der Waals surface area contributed by atoms with E-state index in [1.807, 2.05) is 30.3 Å². The lowest BCUT2D eigenvalue weighted by molar-refractivity contribution is 0.0686. The fraction of sp³-hybridized carbons (Fsp3) is 0.267. The number of amides is 1. The average molecular weight is 317 g/mol. The third-order valence-electron chi connectivity index (χ3n) is 3.37. The minimum absolute atomic E-state index is 0.00936. The van der Waals surface area contributed by atoms with Gasteiger partial charge in [-0.3, -0.25) is 0 Å². The van der Waals surface area contributed by atoms with E-state index in [9.17, 15) is 9.59 Å². The fourth-order valence-electron chi connectivity index (χ4n) is 2.26. The number of carboxylic acids is 1. The van der Waals surface area contributed by atoms with Gasteiger partial charge in [0.2, 0.25) is 5.88 Å². The number of aromatic nitrogens is 2. The smallest absolute Gasteiger partial charge is 0.407 e. The Bertz CT molecular complexity index is 713. The third-order valence-corrected chi connectivity index (χ3v) is 3.37. The number of carbonyl (C=O) groups excluding carboxylic acids is 1. The van der Waals surface area contributed by atoms with Crippen LogP contribution in [-0.2, 0) is 17.9 Å². The largest absolute Gasteiger partial charge is 0.477 e. The molecule has 2 aromatic rings. The van der Waals surface area contributed by atoms with Crippen molar-refractivity contribution in [1.82, 2.24) is 15.1 Å². The lowest BCUT2D eigenvalue weighted by Gasteiger charge is -2.24. The van der Waals surface area contributed by atoms with Crippen LogP contribution in [0, 0.1) is 0 Å². The molecule has 8 nitrogen and oxygen atoms in total. The maximum atomic E-state index is 11.8. The van der Waals surface area contributed by atoms with Gasteiger partial charge in [0.05, 0.1) is 18.8 Å². The number of fused-ring (bicyclic) bond motifs is 1. The molecule has 0 radical (unpaired) electrons. The minimum Gasteiger partial charge on any atom is -0.477 e. The van der Waals surface area contributed by atoms with Crippen LogP contribution in [-0.4, -0.2) is 39.6 Å². The maximum absolute atomic E-state index is 11.8. The number of nitrogens with one attached hydrogen (secondary N) is 1. The fourth-order valence-corrected chi connectivity index (χ4v) is 2.26. The second-order valence-electron chi connectivity index (χ2n) is 5.06. The molecule has 1 amide bonds. The van der Waals surface area contributed by atoms with E-state index in [2.05, 4.69) is 10.4 Å². The van der Waals surface area contributed by atoms with Crippen LogP contribution >= 0.6 is 0 Å². The first-order valence-corrected chi connectivity index (χ1v) is 7.02. The standard InChI is InChI=1S/C15H15N3O5/c19-14(20)12-6-16-18-7-11(9-22-13(12)18)17-15(21)23-8-10-4-2-1-3-5-10/h1-6,11H,7-9H2,(H,17,21)(H,19,20). The van der Waals surface area contributed by atoms with Crippen LogP contribution in [0.1, 0.15) is 15.9 Å².